The van der Waals surface area contributed by atoms with Gasteiger partial charge in [0.25, 0.3) is 0 Å². The van der Waals surface area contributed by atoms with Crippen LogP contribution in [-0.4, -0.2) is 19.2 Å². The highest BCUT2D eigenvalue weighted by Gasteiger charge is 2.17. The molecular formula is C15H23NO. The molecule has 1 atom stereocenters. The minimum Gasteiger partial charge on any atom is -0.490 e. The smallest absolute Gasteiger partial charge is 0.122 e. The zero-order valence-electron chi connectivity index (χ0n) is 10.9. The van der Waals surface area contributed by atoms with Crippen molar-refractivity contribution in [3.63, 3.8) is 0 Å². The van der Waals surface area contributed by atoms with Crippen LogP contribution in [0.15, 0.2) is 24.3 Å². The van der Waals surface area contributed by atoms with Gasteiger partial charge in [0.15, 0.2) is 0 Å². The van der Waals surface area contributed by atoms with Gasteiger partial charge in [0.2, 0.25) is 0 Å². The van der Waals surface area contributed by atoms with Gasteiger partial charge in [-0.1, -0.05) is 18.2 Å². The molecule has 0 aromatic heterocycles. The summed E-state index contributed by atoms with van der Waals surface area (Å²) in [6.07, 6.45) is 4.08. The standard InChI is InChI=1S/C15H23NO/c1-12-5-3-4-6-15(12)17-13(2)11-14-7-9-16-10-8-14/h3-6,13-14,16H,7-11H2,1-2H3. The van der Waals surface area contributed by atoms with Gasteiger partial charge >= 0.3 is 0 Å². The number of benzene rings is 1. The predicted octanol–water partition coefficient (Wildman–Crippen LogP) is 3.15. The van der Waals surface area contributed by atoms with Crippen molar-refractivity contribution in [2.75, 3.05) is 13.1 Å². The molecule has 1 aliphatic rings. The van der Waals surface area contributed by atoms with Crippen molar-refractivity contribution in [2.45, 2.75) is 39.2 Å². The number of hydrogen-bond acceptors (Lipinski definition) is 2. The van der Waals surface area contributed by atoms with Crippen LogP contribution in [0.5, 0.6) is 5.75 Å². The summed E-state index contributed by atoms with van der Waals surface area (Å²) in [5.41, 5.74) is 1.23. The predicted molar refractivity (Wildman–Crippen MR) is 71.5 cm³/mol. The fourth-order valence-corrected chi connectivity index (χ4v) is 2.54. The van der Waals surface area contributed by atoms with Gasteiger partial charge in [-0.3, -0.25) is 0 Å². The number of piperidine rings is 1. The molecule has 1 unspecified atom stereocenters. The number of ether oxygens (including phenoxy) is 1. The minimum absolute atomic E-state index is 0.319. The first kappa shape index (κ1) is 12.4. The molecule has 1 aromatic carbocycles. The first-order valence-electron chi connectivity index (χ1n) is 6.68. The van der Waals surface area contributed by atoms with E-state index < -0.39 is 0 Å². The molecule has 0 radical (unpaired) electrons. The van der Waals surface area contributed by atoms with Crippen molar-refractivity contribution in [3.8, 4) is 5.75 Å². The maximum atomic E-state index is 6.03. The van der Waals surface area contributed by atoms with Crippen LogP contribution < -0.4 is 10.1 Å². The Balaban J connectivity index is 1.84. The number of aryl methyl sites for hydroxylation is 1. The van der Waals surface area contributed by atoms with Crippen molar-refractivity contribution in [3.05, 3.63) is 29.8 Å². The first-order chi connectivity index (χ1) is 8.25. The van der Waals surface area contributed by atoms with Crippen molar-refractivity contribution in [1.82, 2.24) is 5.32 Å². The van der Waals surface area contributed by atoms with Crippen LogP contribution in [0.4, 0.5) is 0 Å². The molecule has 0 aliphatic carbocycles. The van der Waals surface area contributed by atoms with Crippen LogP contribution in [-0.2, 0) is 0 Å². The van der Waals surface area contributed by atoms with E-state index >= 15 is 0 Å². The van der Waals surface area contributed by atoms with E-state index in [2.05, 4.69) is 37.4 Å². The van der Waals surface area contributed by atoms with Gasteiger partial charge in [0, 0.05) is 0 Å². The van der Waals surface area contributed by atoms with Crippen molar-refractivity contribution >= 4 is 0 Å². The Hall–Kier alpha value is -1.02. The molecule has 1 N–H and O–H groups in total. The van der Waals surface area contributed by atoms with Crippen LogP contribution in [0.3, 0.4) is 0 Å². The van der Waals surface area contributed by atoms with Crippen LogP contribution in [0.25, 0.3) is 0 Å². The summed E-state index contributed by atoms with van der Waals surface area (Å²) < 4.78 is 6.03. The molecule has 1 saturated heterocycles. The van der Waals surface area contributed by atoms with Gasteiger partial charge < -0.3 is 10.1 Å². The minimum atomic E-state index is 0.319. The second-order valence-electron chi connectivity index (χ2n) is 5.12. The maximum absolute atomic E-state index is 6.03. The molecule has 0 spiro atoms. The summed E-state index contributed by atoms with van der Waals surface area (Å²) >= 11 is 0. The number of para-hydroxylation sites is 1. The van der Waals surface area contributed by atoms with Crippen LogP contribution in [0.2, 0.25) is 0 Å². The molecule has 2 nitrogen and oxygen atoms in total. The molecule has 94 valence electrons. The lowest BCUT2D eigenvalue weighted by molar-refractivity contribution is 0.170. The van der Waals surface area contributed by atoms with E-state index in [1.165, 1.54) is 37.9 Å². The largest absolute Gasteiger partial charge is 0.490 e. The third-order valence-electron chi connectivity index (χ3n) is 3.55. The van der Waals surface area contributed by atoms with E-state index in [0.29, 0.717) is 6.10 Å². The van der Waals surface area contributed by atoms with Crippen LogP contribution in [0, 0.1) is 12.8 Å². The molecule has 2 rings (SSSR count). The molecule has 1 aliphatic heterocycles. The monoisotopic (exact) mass is 233 g/mol. The normalized spacial score (nSPS) is 18.9. The Morgan fingerprint density at radius 1 is 1.29 bits per heavy atom. The molecule has 0 amide bonds. The van der Waals surface area contributed by atoms with Gasteiger partial charge in [0.05, 0.1) is 6.10 Å². The second-order valence-corrected chi connectivity index (χ2v) is 5.12. The SMILES string of the molecule is Cc1ccccc1OC(C)CC1CCNCC1. The summed E-state index contributed by atoms with van der Waals surface area (Å²) in [6.45, 7) is 6.63. The van der Waals surface area contributed by atoms with Crippen molar-refractivity contribution < 1.29 is 4.74 Å². The lowest BCUT2D eigenvalue weighted by atomic mass is 9.92. The van der Waals surface area contributed by atoms with Gasteiger partial charge in [-0.05, 0) is 63.7 Å². The Kier molecular flexibility index (Phi) is 4.43. The van der Waals surface area contributed by atoms with Crippen molar-refractivity contribution in [1.29, 1.82) is 0 Å². The third-order valence-corrected chi connectivity index (χ3v) is 3.55. The summed E-state index contributed by atoms with van der Waals surface area (Å²) in [4.78, 5) is 0. The molecule has 0 saturated carbocycles. The quantitative estimate of drug-likeness (QED) is 0.862. The average Bonchev–Trinajstić information content (AvgIpc) is 2.33. The second kappa shape index (κ2) is 6.06. The molecule has 1 heterocycles. The summed E-state index contributed by atoms with van der Waals surface area (Å²) in [5, 5.41) is 3.41. The lowest BCUT2D eigenvalue weighted by Gasteiger charge is -2.26. The third kappa shape index (κ3) is 3.74. The molecule has 0 bridgehead atoms. The fourth-order valence-electron chi connectivity index (χ4n) is 2.54. The van der Waals surface area contributed by atoms with Gasteiger partial charge in [-0.25, -0.2) is 0 Å². The van der Waals surface area contributed by atoms with E-state index in [1.807, 2.05) is 6.07 Å². The summed E-state index contributed by atoms with van der Waals surface area (Å²) in [6, 6.07) is 8.26. The Bertz CT molecular complexity index is 345. The topological polar surface area (TPSA) is 21.3 Å². The van der Waals surface area contributed by atoms with E-state index in [4.69, 9.17) is 4.74 Å². The van der Waals surface area contributed by atoms with E-state index in [-0.39, 0.29) is 0 Å². The average molecular weight is 233 g/mol. The Morgan fingerprint density at radius 2 is 2.00 bits per heavy atom. The van der Waals surface area contributed by atoms with E-state index in [1.54, 1.807) is 0 Å². The zero-order valence-corrected chi connectivity index (χ0v) is 10.9. The zero-order chi connectivity index (χ0) is 12.1. The van der Waals surface area contributed by atoms with Gasteiger partial charge in [-0.15, -0.1) is 0 Å². The van der Waals surface area contributed by atoms with Crippen LogP contribution in [0.1, 0.15) is 31.7 Å². The number of nitrogens with one attached hydrogen (secondary N) is 1. The summed E-state index contributed by atoms with van der Waals surface area (Å²) in [7, 11) is 0. The van der Waals surface area contributed by atoms with Crippen LogP contribution >= 0.6 is 0 Å². The fraction of sp³-hybridized carbons (Fsp3) is 0.600. The number of hydrogen-bond donors (Lipinski definition) is 1. The van der Waals surface area contributed by atoms with E-state index in [0.717, 1.165) is 11.7 Å². The lowest BCUT2D eigenvalue weighted by Crippen LogP contribution is -2.30. The maximum Gasteiger partial charge on any atom is 0.122 e. The summed E-state index contributed by atoms with van der Waals surface area (Å²) in [5.74, 6) is 1.87. The Labute approximate surface area is 104 Å². The Morgan fingerprint density at radius 3 is 2.71 bits per heavy atom. The highest BCUT2D eigenvalue weighted by atomic mass is 16.5. The molecule has 1 fully saturated rings. The van der Waals surface area contributed by atoms with E-state index in [9.17, 15) is 0 Å². The highest BCUT2D eigenvalue weighted by molar-refractivity contribution is 5.31. The molecule has 17 heavy (non-hydrogen) atoms. The van der Waals surface area contributed by atoms with Gasteiger partial charge in [-0.2, -0.15) is 0 Å². The first-order valence-corrected chi connectivity index (χ1v) is 6.68. The van der Waals surface area contributed by atoms with Crippen molar-refractivity contribution in [2.24, 2.45) is 5.92 Å². The molecule has 2 heteroatoms. The van der Waals surface area contributed by atoms with Gasteiger partial charge in [0.1, 0.15) is 5.75 Å². The number of rotatable bonds is 4. The molecular weight excluding hydrogens is 210 g/mol. The highest BCUT2D eigenvalue weighted by Crippen LogP contribution is 2.23. The molecule has 1 aromatic rings.